The molecule has 3 rings (SSSR count). The minimum absolute atomic E-state index is 0.134. The molecule has 6 heteroatoms. The Morgan fingerprint density at radius 1 is 1.26 bits per heavy atom. The molecule has 2 aliphatic heterocycles. The molecule has 5 nitrogen and oxygen atoms in total. The predicted octanol–water partition coefficient (Wildman–Crippen LogP) is 3.00. The smallest absolute Gasteiger partial charge is 0.239 e. The van der Waals surface area contributed by atoms with Gasteiger partial charge >= 0.3 is 0 Å². The van der Waals surface area contributed by atoms with E-state index in [0.717, 1.165) is 38.9 Å². The van der Waals surface area contributed by atoms with Crippen LogP contribution in [0.3, 0.4) is 0 Å². The number of carbonyl (C=O) groups excluding carboxylic acids is 1. The van der Waals surface area contributed by atoms with Gasteiger partial charge in [0.1, 0.15) is 5.82 Å². The van der Waals surface area contributed by atoms with Crippen molar-refractivity contribution in [1.29, 1.82) is 5.26 Å². The van der Waals surface area contributed by atoms with Gasteiger partial charge in [-0.05, 0) is 50.8 Å². The molecule has 1 amide bonds. The fraction of sp³-hybridized carbons (Fsp3) is 0.619. The van der Waals surface area contributed by atoms with Crippen LogP contribution in [0.2, 0.25) is 0 Å². The van der Waals surface area contributed by atoms with Crippen molar-refractivity contribution in [2.75, 3.05) is 37.6 Å². The normalized spacial score (nSPS) is 22.4. The van der Waals surface area contributed by atoms with Crippen molar-refractivity contribution in [3.05, 3.63) is 29.6 Å². The third-order valence-electron chi connectivity index (χ3n) is 6.02. The Balaban J connectivity index is 1.60. The molecule has 1 aromatic carbocycles. The first-order valence-corrected chi connectivity index (χ1v) is 10.0. The molecule has 27 heavy (non-hydrogen) atoms. The number of halogens is 1. The van der Waals surface area contributed by atoms with Gasteiger partial charge in [-0.3, -0.25) is 9.69 Å². The minimum atomic E-state index is -0.356. The zero-order valence-electron chi connectivity index (χ0n) is 16.3. The van der Waals surface area contributed by atoms with Crippen molar-refractivity contribution < 1.29 is 9.18 Å². The molecule has 2 unspecified atom stereocenters. The topological polar surface area (TPSA) is 50.6 Å². The van der Waals surface area contributed by atoms with Crippen LogP contribution in [0.5, 0.6) is 0 Å². The first-order valence-electron chi connectivity index (χ1n) is 10.0. The fourth-order valence-electron chi connectivity index (χ4n) is 4.29. The number of benzene rings is 1. The molecule has 0 radical (unpaired) electrons. The van der Waals surface area contributed by atoms with Crippen LogP contribution in [0.4, 0.5) is 10.1 Å². The Bertz CT molecular complexity index is 709. The van der Waals surface area contributed by atoms with E-state index in [1.807, 2.05) is 17.9 Å². The van der Waals surface area contributed by atoms with Crippen LogP contribution in [0, 0.1) is 17.1 Å². The number of likely N-dealkylation sites (tertiary alicyclic amines) is 1. The summed E-state index contributed by atoms with van der Waals surface area (Å²) in [6.45, 7) is 7.86. The highest BCUT2D eigenvalue weighted by Crippen LogP contribution is 2.24. The zero-order valence-corrected chi connectivity index (χ0v) is 16.3. The number of anilines is 1. The lowest BCUT2D eigenvalue weighted by atomic mass is 9.99. The third-order valence-corrected chi connectivity index (χ3v) is 6.02. The molecular weight excluding hydrogens is 343 g/mol. The van der Waals surface area contributed by atoms with Crippen molar-refractivity contribution in [3.63, 3.8) is 0 Å². The van der Waals surface area contributed by atoms with E-state index >= 15 is 0 Å². The number of piperidine rings is 1. The molecular formula is C21H29FN4O. The van der Waals surface area contributed by atoms with E-state index in [9.17, 15) is 9.18 Å². The summed E-state index contributed by atoms with van der Waals surface area (Å²) >= 11 is 0. The average Bonchev–Trinajstić information content (AvgIpc) is 2.72. The van der Waals surface area contributed by atoms with Crippen LogP contribution in [-0.4, -0.2) is 60.5 Å². The summed E-state index contributed by atoms with van der Waals surface area (Å²) in [5.41, 5.74) is 0.871. The summed E-state index contributed by atoms with van der Waals surface area (Å²) in [4.78, 5) is 19.3. The molecule has 1 aromatic rings. The summed E-state index contributed by atoms with van der Waals surface area (Å²) in [5, 5.41) is 8.88. The van der Waals surface area contributed by atoms with E-state index in [1.54, 1.807) is 12.1 Å². The first-order chi connectivity index (χ1) is 13.0. The van der Waals surface area contributed by atoms with E-state index in [2.05, 4.69) is 16.7 Å². The highest BCUT2D eigenvalue weighted by Gasteiger charge is 2.33. The zero-order chi connectivity index (χ0) is 19.4. The minimum Gasteiger partial charge on any atom is -0.367 e. The molecule has 2 saturated heterocycles. The van der Waals surface area contributed by atoms with Crippen molar-refractivity contribution in [2.45, 2.75) is 51.6 Å². The monoisotopic (exact) mass is 372 g/mol. The summed E-state index contributed by atoms with van der Waals surface area (Å²) in [6, 6.07) is 6.82. The summed E-state index contributed by atoms with van der Waals surface area (Å²) in [7, 11) is 0. The van der Waals surface area contributed by atoms with Gasteiger partial charge in [0.25, 0.3) is 0 Å². The number of carbonyl (C=O) groups is 1. The lowest BCUT2D eigenvalue weighted by molar-refractivity contribution is -0.140. The van der Waals surface area contributed by atoms with E-state index in [-0.39, 0.29) is 17.8 Å². The van der Waals surface area contributed by atoms with Crippen LogP contribution >= 0.6 is 0 Å². The molecule has 0 spiro atoms. The molecule has 2 heterocycles. The standard InChI is InChI=1S/C21H29FN4O/c1-3-18-6-4-5-9-26(18)21(27)16(2)24-10-12-25(13-11-24)20-8-7-17(15-23)14-19(20)22/h7-8,14,16,18H,3-6,9-13H2,1-2H3. The predicted molar refractivity (Wildman–Crippen MR) is 104 cm³/mol. The number of piperazine rings is 1. The van der Waals surface area contributed by atoms with Gasteiger partial charge in [0.15, 0.2) is 0 Å². The molecule has 0 N–H and O–H groups in total. The van der Waals surface area contributed by atoms with Gasteiger partial charge in [-0.15, -0.1) is 0 Å². The highest BCUT2D eigenvalue weighted by molar-refractivity contribution is 5.82. The lowest BCUT2D eigenvalue weighted by Gasteiger charge is -2.42. The van der Waals surface area contributed by atoms with Gasteiger partial charge in [0, 0.05) is 38.8 Å². The molecule has 0 bridgehead atoms. The second-order valence-corrected chi connectivity index (χ2v) is 7.57. The van der Waals surface area contributed by atoms with Crippen LogP contribution in [0.15, 0.2) is 18.2 Å². The Hall–Kier alpha value is -2.13. The molecule has 2 fully saturated rings. The van der Waals surface area contributed by atoms with Crippen molar-refractivity contribution in [1.82, 2.24) is 9.80 Å². The maximum atomic E-state index is 14.3. The van der Waals surface area contributed by atoms with E-state index < -0.39 is 0 Å². The largest absolute Gasteiger partial charge is 0.367 e. The number of nitriles is 1. The van der Waals surface area contributed by atoms with Crippen LogP contribution in [0.1, 0.15) is 45.1 Å². The van der Waals surface area contributed by atoms with E-state index in [1.165, 1.54) is 12.5 Å². The van der Waals surface area contributed by atoms with Crippen molar-refractivity contribution >= 4 is 11.6 Å². The van der Waals surface area contributed by atoms with Gasteiger partial charge in [-0.1, -0.05) is 6.92 Å². The maximum Gasteiger partial charge on any atom is 0.239 e. The number of amides is 1. The number of nitrogens with zero attached hydrogens (tertiary/aromatic N) is 4. The van der Waals surface area contributed by atoms with E-state index in [4.69, 9.17) is 5.26 Å². The Morgan fingerprint density at radius 3 is 2.63 bits per heavy atom. The van der Waals surface area contributed by atoms with Crippen molar-refractivity contribution in [3.8, 4) is 6.07 Å². The molecule has 0 aromatic heterocycles. The second-order valence-electron chi connectivity index (χ2n) is 7.57. The summed E-state index contributed by atoms with van der Waals surface area (Å²) < 4.78 is 14.3. The Morgan fingerprint density at radius 2 is 2.00 bits per heavy atom. The summed E-state index contributed by atoms with van der Waals surface area (Å²) in [5.74, 6) is -0.120. The van der Waals surface area contributed by atoms with Gasteiger partial charge in [-0.25, -0.2) is 4.39 Å². The van der Waals surface area contributed by atoms with Gasteiger partial charge in [0.05, 0.1) is 23.4 Å². The summed E-state index contributed by atoms with van der Waals surface area (Å²) in [6.07, 6.45) is 4.44. The van der Waals surface area contributed by atoms with E-state index in [0.29, 0.717) is 30.4 Å². The maximum absolute atomic E-state index is 14.3. The molecule has 146 valence electrons. The third kappa shape index (κ3) is 4.24. The quantitative estimate of drug-likeness (QED) is 0.815. The van der Waals surface area contributed by atoms with Gasteiger partial charge in [-0.2, -0.15) is 5.26 Å². The Labute approximate surface area is 161 Å². The second kappa shape index (κ2) is 8.71. The molecule has 2 atom stereocenters. The lowest BCUT2D eigenvalue weighted by Crippen LogP contribution is -2.56. The number of hydrogen-bond donors (Lipinski definition) is 0. The van der Waals surface area contributed by atoms with Crippen LogP contribution in [0.25, 0.3) is 0 Å². The molecule has 0 saturated carbocycles. The first kappa shape index (κ1) is 19.6. The number of rotatable bonds is 4. The van der Waals surface area contributed by atoms with Gasteiger partial charge < -0.3 is 9.80 Å². The van der Waals surface area contributed by atoms with Crippen LogP contribution < -0.4 is 4.90 Å². The molecule has 2 aliphatic rings. The number of hydrogen-bond acceptors (Lipinski definition) is 4. The van der Waals surface area contributed by atoms with Crippen LogP contribution in [-0.2, 0) is 4.79 Å². The SMILES string of the molecule is CCC1CCCCN1C(=O)C(C)N1CCN(c2ccc(C#N)cc2F)CC1. The highest BCUT2D eigenvalue weighted by atomic mass is 19.1. The Kier molecular flexibility index (Phi) is 6.33. The van der Waals surface area contributed by atoms with Gasteiger partial charge in [0.2, 0.25) is 5.91 Å². The molecule has 0 aliphatic carbocycles. The van der Waals surface area contributed by atoms with Crippen molar-refractivity contribution in [2.24, 2.45) is 0 Å². The average molecular weight is 372 g/mol. The fourth-order valence-corrected chi connectivity index (χ4v) is 4.29.